The van der Waals surface area contributed by atoms with Crippen molar-refractivity contribution < 1.29 is 48.9 Å². The Morgan fingerprint density at radius 3 is 1.83 bits per heavy atom. The summed E-state index contributed by atoms with van der Waals surface area (Å²) in [6.07, 6.45) is -0.778. The zero-order chi connectivity index (χ0) is 27.3. The van der Waals surface area contributed by atoms with Crippen LogP contribution >= 0.6 is 11.8 Å². The molecule has 0 fully saturated rings. The van der Waals surface area contributed by atoms with Crippen LogP contribution in [0.15, 0.2) is 0 Å². The molecule has 0 radical (unpaired) electrons. The van der Waals surface area contributed by atoms with Gasteiger partial charge in [0, 0.05) is 24.9 Å². The van der Waals surface area contributed by atoms with Crippen LogP contribution in [-0.4, -0.2) is 98.6 Å². The summed E-state index contributed by atoms with van der Waals surface area (Å²) in [5.74, 6) is -7.15. The fourth-order valence-corrected chi connectivity index (χ4v) is 3.41. The Hall–Kier alpha value is -3.40. The molecule has 0 aromatic rings. The van der Waals surface area contributed by atoms with Crippen molar-refractivity contribution in [3.8, 4) is 0 Å². The van der Waals surface area contributed by atoms with Gasteiger partial charge in [-0.1, -0.05) is 0 Å². The molecule has 0 rings (SSSR count). The van der Waals surface area contributed by atoms with Crippen molar-refractivity contribution in [2.75, 3.05) is 11.5 Å². The Balaban J connectivity index is 5.11. The summed E-state index contributed by atoms with van der Waals surface area (Å²) in [5.41, 5.74) is 5.40. The van der Waals surface area contributed by atoms with E-state index in [-0.39, 0.29) is 17.9 Å². The number of thioether (sulfide) groups is 1. The molecule has 0 heterocycles. The highest BCUT2D eigenvalue weighted by atomic mass is 32.2. The van der Waals surface area contributed by atoms with Crippen LogP contribution in [0.2, 0.25) is 0 Å². The van der Waals surface area contributed by atoms with Gasteiger partial charge in [-0.2, -0.15) is 11.8 Å². The van der Waals surface area contributed by atoms with E-state index >= 15 is 0 Å². The number of amides is 4. The minimum atomic E-state index is -1.47. The third-order valence-electron chi connectivity index (χ3n) is 4.37. The van der Waals surface area contributed by atoms with E-state index in [0.717, 1.165) is 11.8 Å². The number of nitrogens with two attached hydrogens (primary N) is 1. The Bertz CT molecular complexity index is 824. The van der Waals surface area contributed by atoms with Gasteiger partial charge < -0.3 is 42.3 Å². The van der Waals surface area contributed by atoms with Crippen molar-refractivity contribution in [3.63, 3.8) is 0 Å². The van der Waals surface area contributed by atoms with Crippen molar-refractivity contribution in [1.29, 1.82) is 0 Å². The zero-order valence-corrected chi connectivity index (χ0v) is 20.2. The number of carboxylic acid groups (broad SMARTS) is 3. The Kier molecular flexibility index (Phi) is 14.0. The van der Waals surface area contributed by atoms with Crippen LogP contribution in [0.5, 0.6) is 0 Å². The molecule has 0 aliphatic rings. The number of aliphatic carboxylic acids is 3. The predicted molar refractivity (Wildman–Crippen MR) is 122 cm³/mol. The van der Waals surface area contributed by atoms with Gasteiger partial charge in [-0.05, 0) is 20.3 Å². The molecule has 0 bridgehead atoms. The van der Waals surface area contributed by atoms with Crippen molar-refractivity contribution >= 4 is 53.3 Å². The number of rotatable bonds is 16. The van der Waals surface area contributed by atoms with Gasteiger partial charge in [-0.3, -0.25) is 28.8 Å². The molecule has 0 aromatic heterocycles. The molecule has 35 heavy (non-hydrogen) atoms. The average Bonchev–Trinajstić information content (AvgIpc) is 2.74. The van der Waals surface area contributed by atoms with Crippen LogP contribution in [0.3, 0.4) is 0 Å². The van der Waals surface area contributed by atoms with Crippen molar-refractivity contribution in [1.82, 2.24) is 21.3 Å². The number of hydrogen-bond acceptors (Lipinski definition) is 9. The van der Waals surface area contributed by atoms with E-state index in [2.05, 4.69) is 21.3 Å². The highest BCUT2D eigenvalue weighted by molar-refractivity contribution is 7.99. The molecule has 0 aliphatic carbocycles. The topological polar surface area (TPSA) is 254 Å². The summed E-state index contributed by atoms with van der Waals surface area (Å²) in [5, 5.41) is 36.1. The van der Waals surface area contributed by atoms with Crippen molar-refractivity contribution in [3.05, 3.63) is 0 Å². The lowest BCUT2D eigenvalue weighted by Crippen LogP contribution is -2.52. The molecule has 0 aromatic carbocycles. The third-order valence-corrected chi connectivity index (χ3v) is 5.53. The predicted octanol–water partition coefficient (Wildman–Crippen LogP) is -2.92. The van der Waals surface area contributed by atoms with Gasteiger partial charge in [0.25, 0.3) is 0 Å². The number of carboxylic acids is 3. The van der Waals surface area contributed by atoms with E-state index in [9.17, 15) is 38.7 Å². The van der Waals surface area contributed by atoms with Crippen molar-refractivity contribution in [2.45, 2.75) is 63.8 Å². The van der Waals surface area contributed by atoms with Crippen LogP contribution in [0.25, 0.3) is 0 Å². The number of nitrogens with one attached hydrogen (secondary N) is 4. The lowest BCUT2D eigenvalue weighted by molar-refractivity contribution is -0.142. The summed E-state index contributed by atoms with van der Waals surface area (Å²) in [6.45, 7) is 3.73. The second kappa shape index (κ2) is 15.5. The highest BCUT2D eigenvalue weighted by Gasteiger charge is 2.27. The smallest absolute Gasteiger partial charge is 0.326 e. The fraction of sp³-hybridized carbons (Fsp3) is 0.632. The first kappa shape index (κ1) is 31.6. The average molecular weight is 522 g/mol. The molecule has 0 spiro atoms. The number of hydrogen-bond donors (Lipinski definition) is 8. The van der Waals surface area contributed by atoms with E-state index in [1.54, 1.807) is 0 Å². The van der Waals surface area contributed by atoms with Gasteiger partial charge in [0.15, 0.2) is 0 Å². The van der Waals surface area contributed by atoms with E-state index in [1.807, 2.05) is 0 Å². The fourth-order valence-electron chi connectivity index (χ4n) is 2.41. The number of carbonyl (C=O) groups is 7. The minimum Gasteiger partial charge on any atom is -0.480 e. The summed E-state index contributed by atoms with van der Waals surface area (Å²) in [6, 6.07) is -6.25. The van der Waals surface area contributed by atoms with Gasteiger partial charge in [0.05, 0.1) is 0 Å². The Morgan fingerprint density at radius 2 is 1.34 bits per heavy atom. The Labute approximate surface area is 204 Å². The number of carbonyl (C=O) groups excluding carboxylic acids is 4. The molecule has 0 aliphatic heterocycles. The third kappa shape index (κ3) is 13.2. The maximum Gasteiger partial charge on any atom is 0.326 e. The van der Waals surface area contributed by atoms with Crippen LogP contribution in [0.4, 0.5) is 0 Å². The molecule has 16 heteroatoms. The van der Waals surface area contributed by atoms with Crippen LogP contribution in [0.1, 0.15) is 33.6 Å². The second-order valence-corrected chi connectivity index (χ2v) is 8.61. The molecule has 0 saturated carbocycles. The summed E-state index contributed by atoms with van der Waals surface area (Å²) < 4.78 is 0. The van der Waals surface area contributed by atoms with Crippen LogP contribution in [0, 0.1) is 0 Å². The van der Waals surface area contributed by atoms with Gasteiger partial charge in [0.1, 0.15) is 30.2 Å². The quantitative estimate of drug-likeness (QED) is 0.102. The van der Waals surface area contributed by atoms with E-state index in [1.165, 1.54) is 20.8 Å². The molecule has 15 nitrogen and oxygen atoms in total. The SMILES string of the molecule is CC(=O)N[C@@H](C)C(=O)N[C@H](CCC(=O)N[C@H](CSC[C@H](N)C(=O)O)C(=O)N[C@H](C)C(=O)O)C(=O)O. The largest absolute Gasteiger partial charge is 0.480 e. The minimum absolute atomic E-state index is 0.0942. The van der Waals surface area contributed by atoms with Gasteiger partial charge in [-0.15, -0.1) is 0 Å². The first-order chi connectivity index (χ1) is 16.1. The summed E-state index contributed by atoms with van der Waals surface area (Å²) in [7, 11) is 0. The van der Waals surface area contributed by atoms with E-state index in [0.29, 0.717) is 0 Å². The van der Waals surface area contributed by atoms with E-state index < -0.39 is 78.2 Å². The lowest BCUT2D eigenvalue weighted by atomic mass is 10.1. The molecule has 0 unspecified atom stereocenters. The summed E-state index contributed by atoms with van der Waals surface area (Å²) in [4.78, 5) is 81.1. The molecule has 9 N–H and O–H groups in total. The maximum atomic E-state index is 12.4. The van der Waals surface area contributed by atoms with Gasteiger partial charge in [-0.25, -0.2) is 4.79 Å². The zero-order valence-electron chi connectivity index (χ0n) is 19.4. The van der Waals surface area contributed by atoms with Crippen LogP contribution in [-0.2, 0) is 33.6 Å². The molecular weight excluding hydrogens is 490 g/mol. The molecule has 4 amide bonds. The Morgan fingerprint density at radius 1 is 0.743 bits per heavy atom. The second-order valence-electron chi connectivity index (χ2n) is 7.53. The molecule has 5 atom stereocenters. The summed E-state index contributed by atoms with van der Waals surface area (Å²) >= 11 is 0.935. The lowest BCUT2D eigenvalue weighted by Gasteiger charge is -2.21. The first-order valence-corrected chi connectivity index (χ1v) is 11.5. The van der Waals surface area contributed by atoms with Gasteiger partial charge in [0.2, 0.25) is 23.6 Å². The normalized spacial score (nSPS) is 14.9. The molecular formula is C19H31N5O10S. The standard InChI is InChI=1S/C19H31N5O10S/c1-8(21-10(3)25)15(27)24-12(19(33)34)4-5-14(26)23-13(7-35-6-11(20)18(31)32)16(28)22-9(2)17(29)30/h8-9,11-13H,4-7,20H2,1-3H3,(H,21,25)(H,22,28)(H,23,26)(H,24,27)(H,29,30)(H,31,32)(H,33,34)/t8-,9+,11-,12+,13+/m0/s1. The molecule has 198 valence electrons. The first-order valence-electron chi connectivity index (χ1n) is 10.3. The van der Waals surface area contributed by atoms with Gasteiger partial charge >= 0.3 is 17.9 Å². The monoisotopic (exact) mass is 521 g/mol. The van der Waals surface area contributed by atoms with Crippen molar-refractivity contribution in [2.24, 2.45) is 5.73 Å². The van der Waals surface area contributed by atoms with E-state index in [4.69, 9.17) is 15.9 Å². The highest BCUT2D eigenvalue weighted by Crippen LogP contribution is 2.07. The van der Waals surface area contributed by atoms with Crippen LogP contribution < -0.4 is 27.0 Å². The molecule has 0 saturated heterocycles. The maximum absolute atomic E-state index is 12.4.